The van der Waals surface area contributed by atoms with Gasteiger partial charge >= 0.3 is 0 Å². The minimum absolute atomic E-state index is 0.513. The molecule has 2 fully saturated rings. The van der Waals surface area contributed by atoms with Crippen LogP contribution < -0.4 is 4.74 Å². The molecule has 2 aliphatic rings. The fourth-order valence-corrected chi connectivity index (χ4v) is 3.55. The molecule has 1 nitrogen and oxygen atoms in total. The maximum absolute atomic E-state index is 5.32. The maximum Gasteiger partial charge on any atom is 0.119 e. The second kappa shape index (κ2) is 3.26. The molecule has 15 heavy (non-hydrogen) atoms. The third-order valence-corrected chi connectivity index (χ3v) is 4.42. The number of hydrogen-bond donors (Lipinski definition) is 0. The van der Waals surface area contributed by atoms with Gasteiger partial charge in [0.25, 0.3) is 0 Å². The smallest absolute Gasteiger partial charge is 0.119 e. The predicted molar refractivity (Wildman–Crippen MR) is 61.2 cm³/mol. The van der Waals surface area contributed by atoms with Gasteiger partial charge in [0.1, 0.15) is 5.75 Å². The number of ether oxygens (including phenoxy) is 1. The third-order valence-electron chi connectivity index (χ3n) is 4.42. The van der Waals surface area contributed by atoms with E-state index in [-0.39, 0.29) is 0 Å². The lowest BCUT2D eigenvalue weighted by molar-refractivity contribution is 0.401. The van der Waals surface area contributed by atoms with Gasteiger partial charge in [-0.2, -0.15) is 0 Å². The number of benzene rings is 1. The Balaban J connectivity index is 1.98. The Morgan fingerprint density at radius 2 is 2.07 bits per heavy atom. The van der Waals surface area contributed by atoms with Crippen LogP contribution in [0.2, 0.25) is 0 Å². The van der Waals surface area contributed by atoms with Gasteiger partial charge in [-0.25, -0.2) is 0 Å². The zero-order valence-electron chi connectivity index (χ0n) is 9.33. The summed E-state index contributed by atoms with van der Waals surface area (Å²) in [7, 11) is 1.75. The molecule has 2 saturated carbocycles. The number of fused-ring (bicyclic) bond motifs is 2. The van der Waals surface area contributed by atoms with Crippen molar-refractivity contribution in [2.24, 2.45) is 5.92 Å². The van der Waals surface area contributed by atoms with E-state index in [9.17, 15) is 0 Å². The fraction of sp³-hybridized carbons (Fsp3) is 0.571. The van der Waals surface area contributed by atoms with E-state index in [1.165, 1.54) is 37.7 Å². The monoisotopic (exact) mass is 202 g/mol. The van der Waals surface area contributed by atoms with E-state index in [4.69, 9.17) is 4.74 Å². The lowest BCUT2D eigenvalue weighted by Crippen LogP contribution is -2.19. The first-order chi connectivity index (χ1) is 7.32. The van der Waals surface area contributed by atoms with Crippen molar-refractivity contribution in [1.29, 1.82) is 0 Å². The summed E-state index contributed by atoms with van der Waals surface area (Å²) in [5.74, 6) is 2.02. The minimum atomic E-state index is 0.513. The van der Waals surface area contributed by atoms with Crippen molar-refractivity contribution in [3.05, 3.63) is 29.8 Å². The van der Waals surface area contributed by atoms with Crippen LogP contribution in [-0.4, -0.2) is 7.11 Å². The first-order valence-corrected chi connectivity index (χ1v) is 5.97. The highest BCUT2D eigenvalue weighted by molar-refractivity contribution is 5.35. The Hall–Kier alpha value is -0.980. The maximum atomic E-state index is 5.32. The van der Waals surface area contributed by atoms with Crippen LogP contribution in [0, 0.1) is 5.92 Å². The van der Waals surface area contributed by atoms with E-state index in [2.05, 4.69) is 18.2 Å². The number of hydrogen-bond acceptors (Lipinski definition) is 1. The topological polar surface area (TPSA) is 9.23 Å². The summed E-state index contributed by atoms with van der Waals surface area (Å²) in [6, 6.07) is 8.71. The van der Waals surface area contributed by atoms with Gasteiger partial charge in [0, 0.05) is 0 Å². The van der Waals surface area contributed by atoms with E-state index in [1.807, 2.05) is 6.07 Å². The molecule has 0 aliphatic heterocycles. The van der Waals surface area contributed by atoms with Crippen LogP contribution in [0.4, 0.5) is 0 Å². The van der Waals surface area contributed by atoms with E-state index in [0.717, 1.165) is 11.7 Å². The van der Waals surface area contributed by atoms with Crippen LogP contribution in [0.1, 0.15) is 37.7 Å². The third kappa shape index (κ3) is 1.37. The molecule has 0 N–H and O–H groups in total. The molecule has 0 aromatic heterocycles. The second-order valence-electron chi connectivity index (χ2n) is 5.16. The summed E-state index contributed by atoms with van der Waals surface area (Å²) in [5, 5.41) is 0. The molecule has 0 heterocycles. The van der Waals surface area contributed by atoms with E-state index < -0.39 is 0 Å². The first kappa shape index (κ1) is 9.26. The van der Waals surface area contributed by atoms with Crippen LogP contribution in [0.25, 0.3) is 0 Å². The Labute approximate surface area is 91.5 Å². The molecule has 3 rings (SSSR count). The van der Waals surface area contributed by atoms with Crippen molar-refractivity contribution < 1.29 is 4.74 Å². The molecule has 1 aromatic rings. The molecular weight excluding hydrogens is 184 g/mol. The molecule has 1 aromatic carbocycles. The van der Waals surface area contributed by atoms with Gasteiger partial charge in [0.15, 0.2) is 0 Å². The van der Waals surface area contributed by atoms with Gasteiger partial charge in [-0.15, -0.1) is 0 Å². The summed E-state index contributed by atoms with van der Waals surface area (Å²) in [4.78, 5) is 0. The SMILES string of the molecule is COc1cccc(C23CCC(CC2)C3)c1. The molecule has 0 radical (unpaired) electrons. The van der Waals surface area contributed by atoms with Crippen molar-refractivity contribution in [3.8, 4) is 5.75 Å². The Morgan fingerprint density at radius 1 is 1.27 bits per heavy atom. The lowest BCUT2D eigenvalue weighted by atomic mass is 9.78. The van der Waals surface area contributed by atoms with Crippen LogP contribution in [0.3, 0.4) is 0 Å². The molecule has 0 unspecified atom stereocenters. The van der Waals surface area contributed by atoms with Crippen molar-refractivity contribution in [1.82, 2.24) is 0 Å². The quantitative estimate of drug-likeness (QED) is 0.713. The van der Waals surface area contributed by atoms with Crippen LogP contribution in [0.5, 0.6) is 5.75 Å². The summed E-state index contributed by atoms with van der Waals surface area (Å²) in [5.41, 5.74) is 2.03. The van der Waals surface area contributed by atoms with E-state index in [0.29, 0.717) is 5.41 Å². The van der Waals surface area contributed by atoms with Gasteiger partial charge in [-0.1, -0.05) is 12.1 Å². The second-order valence-corrected chi connectivity index (χ2v) is 5.16. The Morgan fingerprint density at radius 3 is 2.67 bits per heavy atom. The number of methoxy groups -OCH3 is 1. The van der Waals surface area contributed by atoms with Crippen molar-refractivity contribution >= 4 is 0 Å². The zero-order chi connectivity index (χ0) is 10.3. The average molecular weight is 202 g/mol. The van der Waals surface area contributed by atoms with Gasteiger partial charge in [0.05, 0.1) is 7.11 Å². The van der Waals surface area contributed by atoms with Crippen molar-refractivity contribution in [2.45, 2.75) is 37.5 Å². The highest BCUT2D eigenvalue weighted by Gasteiger charge is 2.45. The molecule has 2 aliphatic carbocycles. The molecule has 80 valence electrons. The fourth-order valence-electron chi connectivity index (χ4n) is 3.55. The Bertz CT molecular complexity index is 361. The van der Waals surface area contributed by atoms with Crippen molar-refractivity contribution in [3.63, 3.8) is 0 Å². The number of rotatable bonds is 2. The van der Waals surface area contributed by atoms with Crippen LogP contribution >= 0.6 is 0 Å². The summed E-state index contributed by atoms with van der Waals surface area (Å²) in [6.45, 7) is 0. The largest absolute Gasteiger partial charge is 0.497 e. The summed E-state index contributed by atoms with van der Waals surface area (Å²) in [6.07, 6.45) is 7.09. The molecule has 0 saturated heterocycles. The first-order valence-electron chi connectivity index (χ1n) is 5.97. The highest BCUT2D eigenvalue weighted by Crippen LogP contribution is 2.55. The Kier molecular flexibility index (Phi) is 2.01. The van der Waals surface area contributed by atoms with Gasteiger partial charge < -0.3 is 4.74 Å². The molecule has 1 heteroatoms. The van der Waals surface area contributed by atoms with Gasteiger partial charge in [0.2, 0.25) is 0 Å². The predicted octanol–water partition coefficient (Wildman–Crippen LogP) is 3.53. The van der Waals surface area contributed by atoms with Crippen LogP contribution in [-0.2, 0) is 5.41 Å². The lowest BCUT2D eigenvalue weighted by Gasteiger charge is -2.27. The standard InChI is InChI=1S/C14H18O/c1-15-13-4-2-3-12(9-13)14-7-5-11(10-14)6-8-14/h2-4,9,11H,5-8,10H2,1H3. The molecule has 2 bridgehead atoms. The molecule has 0 spiro atoms. The van der Waals surface area contributed by atoms with Gasteiger partial charge in [-0.05, 0) is 61.1 Å². The van der Waals surface area contributed by atoms with Gasteiger partial charge in [-0.3, -0.25) is 0 Å². The normalized spacial score (nSPS) is 33.3. The average Bonchev–Trinajstić information content (AvgIpc) is 2.90. The zero-order valence-corrected chi connectivity index (χ0v) is 9.33. The van der Waals surface area contributed by atoms with Crippen LogP contribution in [0.15, 0.2) is 24.3 Å². The molecule has 0 atom stereocenters. The summed E-state index contributed by atoms with van der Waals surface area (Å²) >= 11 is 0. The molecular formula is C14H18O. The highest BCUT2D eigenvalue weighted by atomic mass is 16.5. The van der Waals surface area contributed by atoms with E-state index in [1.54, 1.807) is 7.11 Å². The molecule has 0 amide bonds. The summed E-state index contributed by atoms with van der Waals surface area (Å²) < 4.78 is 5.32. The van der Waals surface area contributed by atoms with E-state index >= 15 is 0 Å². The minimum Gasteiger partial charge on any atom is -0.497 e. The van der Waals surface area contributed by atoms with Crippen molar-refractivity contribution in [2.75, 3.05) is 7.11 Å².